The number of benzene rings is 2. The molecule has 0 aliphatic heterocycles. The van der Waals surface area contributed by atoms with Gasteiger partial charge in [-0.2, -0.15) is 0 Å². The summed E-state index contributed by atoms with van der Waals surface area (Å²) in [6, 6.07) is 11.1. The third kappa shape index (κ3) is 4.53. The van der Waals surface area contributed by atoms with E-state index in [0.717, 1.165) is 0 Å². The summed E-state index contributed by atoms with van der Waals surface area (Å²) < 4.78 is 5.68. The number of aromatic carboxylic acids is 1. The molecule has 0 aromatic heterocycles. The Morgan fingerprint density at radius 2 is 1.92 bits per heavy atom. The molecule has 0 unspecified atom stereocenters. The van der Waals surface area contributed by atoms with Crippen LogP contribution in [-0.4, -0.2) is 29.2 Å². The summed E-state index contributed by atoms with van der Waals surface area (Å²) >= 11 is 8.39. The topological polar surface area (TPSA) is 87.7 Å². The summed E-state index contributed by atoms with van der Waals surface area (Å²) in [6.45, 7) is 0. The second-order valence-corrected chi connectivity index (χ2v) is 5.90. The first-order valence-corrected chi connectivity index (χ1v) is 7.90. The Balaban J connectivity index is 2.09. The van der Waals surface area contributed by atoms with Gasteiger partial charge >= 0.3 is 5.97 Å². The second kappa shape index (κ2) is 7.89. The minimum Gasteiger partial charge on any atom is -0.497 e. The Morgan fingerprint density at radius 1 is 1.17 bits per heavy atom. The highest BCUT2D eigenvalue weighted by Crippen LogP contribution is 2.23. The number of carbonyl (C=O) groups excluding carboxylic acids is 1. The Kier molecular flexibility index (Phi) is 5.88. The predicted molar refractivity (Wildman–Crippen MR) is 97.8 cm³/mol. The average molecular weight is 409 g/mol. The van der Waals surface area contributed by atoms with E-state index in [2.05, 4.69) is 26.6 Å². The number of methoxy groups -OCH3 is 1. The molecule has 0 fully saturated rings. The van der Waals surface area contributed by atoms with Crippen molar-refractivity contribution >= 4 is 50.8 Å². The van der Waals surface area contributed by atoms with Crippen LogP contribution in [0.1, 0.15) is 20.7 Å². The van der Waals surface area contributed by atoms with Gasteiger partial charge in [-0.1, -0.05) is 6.07 Å². The summed E-state index contributed by atoms with van der Waals surface area (Å²) in [5, 5.41) is 14.4. The summed E-state index contributed by atoms with van der Waals surface area (Å²) in [5.41, 5.74) is 0.922. The standard InChI is InChI=1S/C16H13BrN2O4S/c1-23-11-4-2-3-9(7-11)14(20)19-16(24)18-13-8-10(15(21)22)5-6-12(13)17/h2-8H,1H3,(H,21,22)(H2,18,19,20,24). The fourth-order valence-corrected chi connectivity index (χ4v) is 2.40. The predicted octanol–water partition coefficient (Wildman–Crippen LogP) is 3.28. The van der Waals surface area contributed by atoms with Crippen LogP contribution in [0.25, 0.3) is 0 Å². The molecule has 3 N–H and O–H groups in total. The number of ether oxygens (including phenoxy) is 1. The SMILES string of the molecule is COc1cccc(C(=O)NC(=S)Nc2cc(C(=O)O)ccc2Br)c1. The van der Waals surface area contributed by atoms with Gasteiger partial charge in [0.05, 0.1) is 18.4 Å². The van der Waals surface area contributed by atoms with Crippen molar-refractivity contribution in [3.05, 3.63) is 58.1 Å². The fraction of sp³-hybridized carbons (Fsp3) is 0.0625. The molecule has 0 heterocycles. The molecule has 0 spiro atoms. The first kappa shape index (κ1) is 17.9. The molecule has 1 amide bonds. The zero-order chi connectivity index (χ0) is 17.7. The molecule has 0 aliphatic rings. The number of carboxylic acid groups (broad SMARTS) is 1. The Hall–Kier alpha value is -2.45. The number of hydrogen-bond acceptors (Lipinski definition) is 4. The lowest BCUT2D eigenvalue weighted by Crippen LogP contribution is -2.34. The van der Waals surface area contributed by atoms with Gasteiger partial charge in [-0.3, -0.25) is 10.1 Å². The van der Waals surface area contributed by atoms with E-state index in [9.17, 15) is 9.59 Å². The third-order valence-electron chi connectivity index (χ3n) is 3.02. The minimum atomic E-state index is -1.06. The van der Waals surface area contributed by atoms with Crippen LogP contribution in [0.15, 0.2) is 46.9 Å². The van der Waals surface area contributed by atoms with Crippen molar-refractivity contribution in [1.82, 2.24) is 5.32 Å². The van der Waals surface area contributed by atoms with Crippen LogP contribution < -0.4 is 15.4 Å². The number of rotatable bonds is 4. The number of hydrogen-bond donors (Lipinski definition) is 3. The van der Waals surface area contributed by atoms with Crippen LogP contribution in [0.4, 0.5) is 5.69 Å². The van der Waals surface area contributed by atoms with E-state index in [1.165, 1.54) is 19.2 Å². The number of amides is 1. The third-order valence-corrected chi connectivity index (χ3v) is 3.92. The monoisotopic (exact) mass is 408 g/mol. The molecule has 6 nitrogen and oxygen atoms in total. The molecule has 0 bridgehead atoms. The number of nitrogens with one attached hydrogen (secondary N) is 2. The molecule has 2 aromatic rings. The van der Waals surface area contributed by atoms with Crippen LogP contribution >= 0.6 is 28.1 Å². The van der Waals surface area contributed by atoms with E-state index in [1.54, 1.807) is 30.3 Å². The van der Waals surface area contributed by atoms with Gasteiger partial charge in [0.15, 0.2) is 5.11 Å². The highest BCUT2D eigenvalue weighted by Gasteiger charge is 2.11. The largest absolute Gasteiger partial charge is 0.497 e. The van der Waals surface area contributed by atoms with Crippen LogP contribution in [0.2, 0.25) is 0 Å². The van der Waals surface area contributed by atoms with E-state index in [1.807, 2.05) is 0 Å². The van der Waals surface area contributed by atoms with Gasteiger partial charge in [-0.15, -0.1) is 0 Å². The van der Waals surface area contributed by atoms with E-state index < -0.39 is 11.9 Å². The lowest BCUT2D eigenvalue weighted by molar-refractivity contribution is 0.0696. The van der Waals surface area contributed by atoms with Gasteiger partial charge in [0.2, 0.25) is 0 Å². The van der Waals surface area contributed by atoms with E-state index in [4.69, 9.17) is 22.1 Å². The summed E-state index contributed by atoms with van der Waals surface area (Å²) in [5.74, 6) is -0.910. The maximum atomic E-state index is 12.2. The highest BCUT2D eigenvalue weighted by atomic mass is 79.9. The van der Waals surface area contributed by atoms with Gasteiger partial charge < -0.3 is 15.2 Å². The van der Waals surface area contributed by atoms with E-state index in [0.29, 0.717) is 21.5 Å². The zero-order valence-electron chi connectivity index (χ0n) is 12.5. The van der Waals surface area contributed by atoms with E-state index in [-0.39, 0.29) is 10.7 Å². The number of carboxylic acids is 1. The van der Waals surface area contributed by atoms with Crippen molar-refractivity contribution in [2.45, 2.75) is 0 Å². The minimum absolute atomic E-state index is 0.0473. The molecule has 0 aliphatic carbocycles. The van der Waals surface area contributed by atoms with Gasteiger partial charge in [0.1, 0.15) is 5.75 Å². The molecule has 24 heavy (non-hydrogen) atoms. The van der Waals surface area contributed by atoms with Crippen molar-refractivity contribution in [3.8, 4) is 5.75 Å². The molecular weight excluding hydrogens is 396 g/mol. The number of halogens is 1. The normalized spacial score (nSPS) is 9.92. The van der Waals surface area contributed by atoms with Crippen LogP contribution in [-0.2, 0) is 0 Å². The molecule has 0 atom stereocenters. The summed E-state index contributed by atoms with van der Waals surface area (Å²) in [6.07, 6.45) is 0. The quantitative estimate of drug-likeness (QED) is 0.672. The fourth-order valence-electron chi connectivity index (χ4n) is 1.85. The first-order chi connectivity index (χ1) is 11.4. The molecular formula is C16H13BrN2O4S. The van der Waals surface area contributed by atoms with Crippen molar-refractivity contribution in [1.29, 1.82) is 0 Å². The van der Waals surface area contributed by atoms with Crippen molar-refractivity contribution in [2.75, 3.05) is 12.4 Å². The molecule has 8 heteroatoms. The summed E-state index contributed by atoms with van der Waals surface area (Å²) in [7, 11) is 1.51. The number of thiocarbonyl (C=S) groups is 1. The van der Waals surface area contributed by atoms with Gasteiger partial charge in [-0.05, 0) is 64.5 Å². The van der Waals surface area contributed by atoms with Crippen molar-refractivity contribution < 1.29 is 19.4 Å². The molecule has 124 valence electrons. The maximum Gasteiger partial charge on any atom is 0.335 e. The van der Waals surface area contributed by atoms with E-state index >= 15 is 0 Å². The van der Waals surface area contributed by atoms with Crippen LogP contribution in [0.5, 0.6) is 5.75 Å². The highest BCUT2D eigenvalue weighted by molar-refractivity contribution is 9.10. The van der Waals surface area contributed by atoms with Crippen LogP contribution in [0.3, 0.4) is 0 Å². The van der Waals surface area contributed by atoms with Gasteiger partial charge in [0, 0.05) is 10.0 Å². The Bertz CT molecular complexity index is 810. The number of anilines is 1. The molecule has 2 rings (SSSR count). The lowest BCUT2D eigenvalue weighted by Gasteiger charge is -2.12. The summed E-state index contributed by atoms with van der Waals surface area (Å²) in [4.78, 5) is 23.2. The smallest absolute Gasteiger partial charge is 0.335 e. The van der Waals surface area contributed by atoms with Crippen LogP contribution in [0, 0.1) is 0 Å². The van der Waals surface area contributed by atoms with Gasteiger partial charge in [0.25, 0.3) is 5.91 Å². The lowest BCUT2D eigenvalue weighted by atomic mass is 10.2. The Morgan fingerprint density at radius 3 is 2.58 bits per heavy atom. The van der Waals surface area contributed by atoms with Crippen molar-refractivity contribution in [2.24, 2.45) is 0 Å². The number of carbonyl (C=O) groups is 2. The first-order valence-electron chi connectivity index (χ1n) is 6.70. The maximum absolute atomic E-state index is 12.2. The van der Waals surface area contributed by atoms with Crippen molar-refractivity contribution in [3.63, 3.8) is 0 Å². The molecule has 2 aromatic carbocycles. The zero-order valence-corrected chi connectivity index (χ0v) is 14.9. The Labute approximate surface area is 152 Å². The molecule has 0 saturated heterocycles. The molecule has 0 saturated carbocycles. The second-order valence-electron chi connectivity index (χ2n) is 4.64. The molecule has 0 radical (unpaired) electrons. The van der Waals surface area contributed by atoms with Gasteiger partial charge in [-0.25, -0.2) is 4.79 Å². The average Bonchev–Trinajstić information content (AvgIpc) is 2.56.